The normalized spacial score (nSPS) is 19.0. The zero-order chi connectivity index (χ0) is 9.36. The van der Waals surface area contributed by atoms with Crippen molar-refractivity contribution in [1.29, 1.82) is 0 Å². The van der Waals surface area contributed by atoms with Gasteiger partial charge in [-0.05, 0) is 38.5 Å². The Kier molecular flexibility index (Phi) is 5.97. The zero-order valence-electron chi connectivity index (χ0n) is 8.86. The Morgan fingerprint density at radius 3 is 2.77 bits per heavy atom. The van der Waals surface area contributed by atoms with Gasteiger partial charge in [-0.15, -0.1) is 0 Å². The lowest BCUT2D eigenvalue weighted by atomic mass is 9.96. The highest BCUT2D eigenvalue weighted by Crippen LogP contribution is 2.21. The smallest absolute Gasteiger partial charge is 0.0320 e. The maximum absolute atomic E-state index is 3.88. The van der Waals surface area contributed by atoms with E-state index in [9.17, 15) is 0 Å². The molecule has 0 aromatic heterocycles. The topological polar surface area (TPSA) is 0 Å². The molecule has 1 aliphatic carbocycles. The van der Waals surface area contributed by atoms with Crippen molar-refractivity contribution < 1.29 is 0 Å². The molecule has 0 saturated carbocycles. The molecular formula is C13H23. The molecule has 0 atom stereocenters. The lowest BCUT2D eigenvalue weighted by molar-refractivity contribution is 0.604. The fraction of sp³-hybridized carbons (Fsp3) is 0.769. The third kappa shape index (κ3) is 5.13. The van der Waals surface area contributed by atoms with E-state index in [1.54, 1.807) is 5.57 Å². The van der Waals surface area contributed by atoms with Crippen LogP contribution in [-0.2, 0) is 0 Å². The lowest BCUT2D eigenvalue weighted by Crippen LogP contribution is -1.90. The van der Waals surface area contributed by atoms with Gasteiger partial charge in [-0.1, -0.05) is 44.3 Å². The molecule has 0 aromatic carbocycles. The molecule has 13 heavy (non-hydrogen) atoms. The summed E-state index contributed by atoms with van der Waals surface area (Å²) in [6.07, 6.45) is 16.1. The highest BCUT2D eigenvalue weighted by Gasteiger charge is 2.01. The first-order chi connectivity index (χ1) is 6.43. The average Bonchev–Trinajstić information content (AvgIpc) is 2.08. The predicted octanol–water partition coefficient (Wildman–Crippen LogP) is 4.66. The maximum Gasteiger partial charge on any atom is -0.0320 e. The van der Waals surface area contributed by atoms with E-state index in [0.29, 0.717) is 0 Å². The SMILES string of the molecule is [CH2]CCCCC1=CCCCCCC1. The van der Waals surface area contributed by atoms with Crippen molar-refractivity contribution in [1.82, 2.24) is 0 Å². The Morgan fingerprint density at radius 1 is 1.08 bits per heavy atom. The first-order valence-electron chi connectivity index (χ1n) is 5.90. The van der Waals surface area contributed by atoms with Crippen LogP contribution in [0.4, 0.5) is 0 Å². The molecule has 0 nitrogen and oxygen atoms in total. The molecule has 75 valence electrons. The molecule has 1 aliphatic rings. The molecular weight excluding hydrogens is 156 g/mol. The molecule has 0 heteroatoms. The van der Waals surface area contributed by atoms with Gasteiger partial charge in [-0.3, -0.25) is 0 Å². The summed E-state index contributed by atoms with van der Waals surface area (Å²) < 4.78 is 0. The first-order valence-corrected chi connectivity index (χ1v) is 5.90. The van der Waals surface area contributed by atoms with Gasteiger partial charge in [0.25, 0.3) is 0 Å². The van der Waals surface area contributed by atoms with E-state index in [1.807, 2.05) is 0 Å². The van der Waals surface area contributed by atoms with Crippen molar-refractivity contribution in [2.75, 3.05) is 0 Å². The Morgan fingerprint density at radius 2 is 1.92 bits per heavy atom. The molecule has 1 radical (unpaired) electrons. The minimum atomic E-state index is 1.10. The van der Waals surface area contributed by atoms with Crippen molar-refractivity contribution in [3.63, 3.8) is 0 Å². The number of rotatable bonds is 4. The van der Waals surface area contributed by atoms with Crippen LogP contribution in [0.2, 0.25) is 0 Å². The third-order valence-corrected chi connectivity index (χ3v) is 2.88. The number of hydrogen-bond acceptors (Lipinski definition) is 0. The summed E-state index contributed by atoms with van der Waals surface area (Å²) in [5.41, 5.74) is 1.73. The van der Waals surface area contributed by atoms with Crippen LogP contribution in [0.5, 0.6) is 0 Å². The minimum absolute atomic E-state index is 1.10. The van der Waals surface area contributed by atoms with E-state index >= 15 is 0 Å². The molecule has 0 saturated heterocycles. The number of allylic oxidation sites excluding steroid dienone is 2. The lowest BCUT2D eigenvalue weighted by Gasteiger charge is -2.10. The molecule has 0 amide bonds. The Balaban J connectivity index is 2.19. The number of unbranched alkanes of at least 4 members (excludes halogenated alkanes) is 2. The largest absolute Gasteiger partial charge is 0.0853 e. The van der Waals surface area contributed by atoms with Crippen LogP contribution in [0.1, 0.15) is 64.2 Å². The second-order valence-corrected chi connectivity index (χ2v) is 4.13. The zero-order valence-corrected chi connectivity index (χ0v) is 8.86. The summed E-state index contributed by atoms with van der Waals surface area (Å²) in [5, 5.41) is 0. The van der Waals surface area contributed by atoms with Gasteiger partial charge in [0.1, 0.15) is 0 Å². The molecule has 0 N–H and O–H groups in total. The van der Waals surface area contributed by atoms with Gasteiger partial charge in [0.15, 0.2) is 0 Å². The summed E-state index contributed by atoms with van der Waals surface area (Å²) in [6, 6.07) is 0. The fourth-order valence-electron chi connectivity index (χ4n) is 2.01. The summed E-state index contributed by atoms with van der Waals surface area (Å²) in [4.78, 5) is 0. The molecule has 1 rings (SSSR count). The van der Waals surface area contributed by atoms with Gasteiger partial charge < -0.3 is 0 Å². The summed E-state index contributed by atoms with van der Waals surface area (Å²) >= 11 is 0. The second-order valence-electron chi connectivity index (χ2n) is 4.13. The maximum atomic E-state index is 3.88. The van der Waals surface area contributed by atoms with E-state index in [-0.39, 0.29) is 0 Å². The fourth-order valence-corrected chi connectivity index (χ4v) is 2.01. The van der Waals surface area contributed by atoms with Crippen LogP contribution < -0.4 is 0 Å². The van der Waals surface area contributed by atoms with Crippen LogP contribution in [0.15, 0.2) is 11.6 Å². The molecule has 0 aliphatic heterocycles. The van der Waals surface area contributed by atoms with Crippen molar-refractivity contribution in [2.24, 2.45) is 0 Å². The van der Waals surface area contributed by atoms with Crippen molar-refractivity contribution in [2.45, 2.75) is 64.2 Å². The van der Waals surface area contributed by atoms with Crippen molar-refractivity contribution in [3.8, 4) is 0 Å². The van der Waals surface area contributed by atoms with E-state index in [2.05, 4.69) is 13.0 Å². The standard InChI is InChI=1S/C13H23/c1-2-3-7-10-13-11-8-5-4-6-9-12-13/h11H,1-10,12H2. The van der Waals surface area contributed by atoms with Crippen LogP contribution in [-0.4, -0.2) is 0 Å². The average molecular weight is 179 g/mol. The summed E-state index contributed by atoms with van der Waals surface area (Å²) in [6.45, 7) is 3.88. The first kappa shape index (κ1) is 10.8. The van der Waals surface area contributed by atoms with E-state index in [1.165, 1.54) is 57.8 Å². The van der Waals surface area contributed by atoms with Gasteiger partial charge in [0.2, 0.25) is 0 Å². The van der Waals surface area contributed by atoms with Gasteiger partial charge in [0, 0.05) is 0 Å². The van der Waals surface area contributed by atoms with E-state index in [0.717, 1.165) is 6.42 Å². The van der Waals surface area contributed by atoms with Gasteiger partial charge in [-0.25, -0.2) is 0 Å². The highest BCUT2D eigenvalue weighted by atomic mass is 14.1. The Bertz CT molecular complexity index is 144. The van der Waals surface area contributed by atoms with E-state index < -0.39 is 0 Å². The Labute approximate surface area is 83.4 Å². The van der Waals surface area contributed by atoms with Crippen molar-refractivity contribution in [3.05, 3.63) is 18.6 Å². The molecule has 0 heterocycles. The van der Waals surface area contributed by atoms with E-state index in [4.69, 9.17) is 0 Å². The molecule has 0 aromatic rings. The van der Waals surface area contributed by atoms with Crippen LogP contribution in [0.3, 0.4) is 0 Å². The molecule has 0 unspecified atom stereocenters. The molecule has 0 spiro atoms. The van der Waals surface area contributed by atoms with Crippen LogP contribution in [0, 0.1) is 6.92 Å². The summed E-state index contributed by atoms with van der Waals surface area (Å²) in [5.74, 6) is 0. The number of hydrogen-bond donors (Lipinski definition) is 0. The van der Waals surface area contributed by atoms with Gasteiger partial charge in [0.05, 0.1) is 0 Å². The predicted molar refractivity (Wildman–Crippen MR) is 59.6 cm³/mol. The minimum Gasteiger partial charge on any atom is -0.0853 e. The second kappa shape index (κ2) is 7.17. The third-order valence-electron chi connectivity index (χ3n) is 2.88. The van der Waals surface area contributed by atoms with Crippen molar-refractivity contribution >= 4 is 0 Å². The van der Waals surface area contributed by atoms with Gasteiger partial charge >= 0.3 is 0 Å². The molecule has 0 bridgehead atoms. The monoisotopic (exact) mass is 179 g/mol. The highest BCUT2D eigenvalue weighted by molar-refractivity contribution is 5.02. The quantitative estimate of drug-likeness (QED) is 0.435. The Hall–Kier alpha value is -0.260. The van der Waals surface area contributed by atoms with Crippen LogP contribution >= 0.6 is 0 Å². The van der Waals surface area contributed by atoms with Crippen LogP contribution in [0.25, 0.3) is 0 Å². The molecule has 0 fully saturated rings. The van der Waals surface area contributed by atoms with Gasteiger partial charge in [-0.2, -0.15) is 0 Å². The summed E-state index contributed by atoms with van der Waals surface area (Å²) in [7, 11) is 0.